The first kappa shape index (κ1) is 15.1. The third kappa shape index (κ3) is 3.16. The largest absolute Gasteiger partial charge is 0.483 e. The van der Waals surface area contributed by atoms with Crippen LogP contribution in [0.1, 0.15) is 22.8 Å². The van der Waals surface area contributed by atoms with Gasteiger partial charge in [-0.1, -0.05) is 42.5 Å². The molecule has 0 saturated heterocycles. The summed E-state index contributed by atoms with van der Waals surface area (Å²) in [7, 11) is 4.13. The molecule has 0 bridgehead atoms. The first-order valence-electron chi connectivity index (χ1n) is 7.71. The van der Waals surface area contributed by atoms with Crippen molar-refractivity contribution in [2.45, 2.75) is 25.7 Å². The van der Waals surface area contributed by atoms with Gasteiger partial charge in [-0.3, -0.25) is 0 Å². The Bertz CT molecular complexity index is 639. The van der Waals surface area contributed by atoms with E-state index in [1.807, 2.05) is 18.2 Å². The van der Waals surface area contributed by atoms with Crippen LogP contribution in [-0.4, -0.2) is 31.6 Å². The van der Waals surface area contributed by atoms with Gasteiger partial charge in [0.2, 0.25) is 0 Å². The van der Waals surface area contributed by atoms with Gasteiger partial charge in [-0.15, -0.1) is 0 Å². The van der Waals surface area contributed by atoms with Crippen molar-refractivity contribution in [3.63, 3.8) is 0 Å². The molecular formula is C19H23NO2. The molecule has 0 spiro atoms. The molecule has 3 rings (SSSR count). The predicted octanol–water partition coefficient (Wildman–Crippen LogP) is 3.58. The summed E-state index contributed by atoms with van der Waals surface area (Å²) >= 11 is 0. The van der Waals surface area contributed by atoms with E-state index in [2.05, 4.69) is 56.3 Å². The summed E-state index contributed by atoms with van der Waals surface area (Å²) in [5.41, 5.74) is 3.61. The summed E-state index contributed by atoms with van der Waals surface area (Å²) in [6, 6.07) is 16.6. The van der Waals surface area contributed by atoms with E-state index in [0.29, 0.717) is 6.61 Å². The molecule has 1 aliphatic heterocycles. The zero-order valence-corrected chi connectivity index (χ0v) is 13.5. The Labute approximate surface area is 132 Å². The lowest BCUT2D eigenvalue weighted by Crippen LogP contribution is -2.39. The smallest absolute Gasteiger partial charge is 0.151 e. The monoisotopic (exact) mass is 297 g/mol. The fourth-order valence-electron chi connectivity index (χ4n) is 2.90. The number of likely N-dealkylation sites (N-methyl/N-ethyl adjacent to an activating group) is 1. The van der Waals surface area contributed by atoms with Crippen molar-refractivity contribution in [2.75, 3.05) is 20.6 Å². The predicted molar refractivity (Wildman–Crippen MR) is 88.1 cm³/mol. The fourth-order valence-corrected chi connectivity index (χ4v) is 2.90. The van der Waals surface area contributed by atoms with Crippen LogP contribution < -0.4 is 4.74 Å². The molecule has 0 aliphatic carbocycles. The molecular weight excluding hydrogens is 274 g/mol. The maximum Gasteiger partial charge on any atom is 0.151 e. The van der Waals surface area contributed by atoms with E-state index < -0.39 is 0 Å². The van der Waals surface area contributed by atoms with Gasteiger partial charge in [0.1, 0.15) is 11.9 Å². The normalized spacial score (nSPS) is 20.7. The Kier molecular flexibility index (Phi) is 4.46. The van der Waals surface area contributed by atoms with Crippen molar-refractivity contribution >= 4 is 0 Å². The highest BCUT2D eigenvalue weighted by molar-refractivity contribution is 5.36. The summed E-state index contributed by atoms with van der Waals surface area (Å²) < 4.78 is 12.4. The molecule has 0 saturated carbocycles. The van der Waals surface area contributed by atoms with Crippen LogP contribution in [0.3, 0.4) is 0 Å². The van der Waals surface area contributed by atoms with Crippen LogP contribution in [0, 0.1) is 6.92 Å². The number of fused-ring (bicyclic) bond motifs is 1. The first-order chi connectivity index (χ1) is 10.6. The number of rotatable bonds is 4. The quantitative estimate of drug-likeness (QED) is 0.861. The Morgan fingerprint density at radius 1 is 1.09 bits per heavy atom. The number of nitrogens with zero attached hydrogens (tertiary/aromatic N) is 1. The van der Waals surface area contributed by atoms with Crippen LogP contribution in [0.2, 0.25) is 0 Å². The van der Waals surface area contributed by atoms with Crippen LogP contribution in [0.4, 0.5) is 0 Å². The minimum atomic E-state index is -0.0755. The highest BCUT2D eigenvalue weighted by atomic mass is 16.5. The maximum atomic E-state index is 6.37. The topological polar surface area (TPSA) is 21.7 Å². The van der Waals surface area contributed by atoms with Crippen molar-refractivity contribution in [3.05, 3.63) is 65.2 Å². The summed E-state index contributed by atoms with van der Waals surface area (Å²) in [5.74, 6) is 0.927. The number of para-hydroxylation sites is 1. The molecule has 0 fully saturated rings. The van der Waals surface area contributed by atoms with E-state index in [1.165, 1.54) is 11.1 Å². The van der Waals surface area contributed by atoms with Crippen LogP contribution in [-0.2, 0) is 11.3 Å². The average Bonchev–Trinajstić information content (AvgIpc) is 2.51. The Hall–Kier alpha value is -1.84. The number of ether oxygens (including phenoxy) is 2. The van der Waals surface area contributed by atoms with Gasteiger partial charge < -0.3 is 14.4 Å². The van der Waals surface area contributed by atoms with Crippen LogP contribution in [0.25, 0.3) is 0 Å². The molecule has 1 heterocycles. The second kappa shape index (κ2) is 6.51. The molecule has 3 nitrogen and oxygen atoms in total. The molecule has 1 aliphatic rings. The highest BCUT2D eigenvalue weighted by Gasteiger charge is 2.32. The van der Waals surface area contributed by atoms with Crippen LogP contribution in [0.5, 0.6) is 5.75 Å². The number of hydrogen-bond acceptors (Lipinski definition) is 3. The number of aryl methyl sites for hydroxylation is 1. The van der Waals surface area contributed by atoms with E-state index in [4.69, 9.17) is 9.47 Å². The standard InChI is InChI=1S/C19H23NO2/c1-14-8-4-7-11-17(14)22-19-16-10-6-5-9-15(16)13-21-18(19)12-20(2)3/h4-11,18-19H,12-13H2,1-3H3/t18-,19+/m1/s1. The van der Waals surface area contributed by atoms with E-state index in [0.717, 1.165) is 17.9 Å². The molecule has 0 N–H and O–H groups in total. The third-order valence-electron chi connectivity index (χ3n) is 4.04. The van der Waals surface area contributed by atoms with Gasteiger partial charge in [0, 0.05) is 12.1 Å². The lowest BCUT2D eigenvalue weighted by Gasteiger charge is -2.35. The molecule has 0 amide bonds. The second-order valence-corrected chi connectivity index (χ2v) is 6.11. The Morgan fingerprint density at radius 3 is 2.59 bits per heavy atom. The lowest BCUT2D eigenvalue weighted by molar-refractivity contribution is -0.0618. The average molecular weight is 297 g/mol. The molecule has 0 unspecified atom stereocenters. The Morgan fingerprint density at radius 2 is 1.82 bits per heavy atom. The minimum Gasteiger partial charge on any atom is -0.483 e. The number of benzene rings is 2. The summed E-state index contributed by atoms with van der Waals surface area (Å²) in [6.07, 6.45) is -0.0436. The van der Waals surface area contributed by atoms with Crippen molar-refractivity contribution in [1.82, 2.24) is 4.90 Å². The van der Waals surface area contributed by atoms with E-state index in [1.54, 1.807) is 0 Å². The van der Waals surface area contributed by atoms with Crippen molar-refractivity contribution in [2.24, 2.45) is 0 Å². The first-order valence-corrected chi connectivity index (χ1v) is 7.71. The second-order valence-electron chi connectivity index (χ2n) is 6.11. The molecule has 22 heavy (non-hydrogen) atoms. The van der Waals surface area contributed by atoms with E-state index in [9.17, 15) is 0 Å². The molecule has 3 heteroatoms. The molecule has 0 aromatic heterocycles. The summed E-state index contributed by atoms with van der Waals surface area (Å²) in [6.45, 7) is 3.57. The van der Waals surface area contributed by atoms with Crippen molar-refractivity contribution in [1.29, 1.82) is 0 Å². The van der Waals surface area contributed by atoms with Gasteiger partial charge in [-0.25, -0.2) is 0 Å². The van der Waals surface area contributed by atoms with Crippen LogP contribution >= 0.6 is 0 Å². The zero-order chi connectivity index (χ0) is 15.5. The van der Waals surface area contributed by atoms with Crippen molar-refractivity contribution < 1.29 is 9.47 Å². The van der Waals surface area contributed by atoms with E-state index >= 15 is 0 Å². The molecule has 2 atom stereocenters. The zero-order valence-electron chi connectivity index (χ0n) is 13.5. The molecule has 0 radical (unpaired) electrons. The lowest BCUT2D eigenvalue weighted by atomic mass is 9.95. The van der Waals surface area contributed by atoms with Gasteiger partial charge in [-0.2, -0.15) is 0 Å². The maximum absolute atomic E-state index is 6.37. The molecule has 2 aromatic rings. The van der Waals surface area contributed by atoms with Crippen molar-refractivity contribution in [3.8, 4) is 5.75 Å². The van der Waals surface area contributed by atoms with Gasteiger partial charge in [0.25, 0.3) is 0 Å². The molecule has 116 valence electrons. The fraction of sp³-hybridized carbons (Fsp3) is 0.368. The SMILES string of the molecule is Cc1ccccc1O[C@H]1c2ccccc2CO[C@@H]1CN(C)C. The highest BCUT2D eigenvalue weighted by Crippen LogP contribution is 2.34. The molecule has 2 aromatic carbocycles. The van der Waals surface area contributed by atoms with E-state index in [-0.39, 0.29) is 12.2 Å². The third-order valence-corrected chi connectivity index (χ3v) is 4.04. The van der Waals surface area contributed by atoms with Gasteiger partial charge in [0.15, 0.2) is 6.10 Å². The number of hydrogen-bond donors (Lipinski definition) is 0. The van der Waals surface area contributed by atoms with Gasteiger partial charge >= 0.3 is 0 Å². The minimum absolute atomic E-state index is 0.0320. The Balaban J connectivity index is 1.93. The van der Waals surface area contributed by atoms with Crippen LogP contribution in [0.15, 0.2) is 48.5 Å². The van der Waals surface area contributed by atoms with Gasteiger partial charge in [-0.05, 0) is 38.2 Å². The summed E-state index contributed by atoms with van der Waals surface area (Å²) in [5, 5.41) is 0. The van der Waals surface area contributed by atoms with Gasteiger partial charge in [0.05, 0.1) is 6.61 Å². The summed E-state index contributed by atoms with van der Waals surface area (Å²) in [4.78, 5) is 2.15.